The van der Waals surface area contributed by atoms with Gasteiger partial charge in [-0.3, -0.25) is 20.2 Å². The number of hydrogen-bond acceptors (Lipinski definition) is 6. The zero-order chi connectivity index (χ0) is 13.8. The Bertz CT molecular complexity index is 634. The average Bonchev–Trinajstić information content (AvgIpc) is 2.39. The predicted molar refractivity (Wildman–Crippen MR) is 65.9 cm³/mol. The third kappa shape index (κ3) is 2.80. The lowest BCUT2D eigenvalue weighted by Gasteiger charge is -2.04. The topological polar surface area (TPSA) is 111 Å². The largest absolute Gasteiger partial charge is 0.300 e. The number of nitrogens with one attached hydrogen (secondary N) is 1. The molecule has 0 bridgehead atoms. The minimum absolute atomic E-state index is 0.0539. The van der Waals surface area contributed by atoms with E-state index in [4.69, 9.17) is 11.6 Å². The highest BCUT2D eigenvalue weighted by Crippen LogP contribution is 2.28. The van der Waals surface area contributed by atoms with Gasteiger partial charge in [0.05, 0.1) is 17.3 Å². The summed E-state index contributed by atoms with van der Waals surface area (Å²) in [5, 5.41) is 20.1. The van der Waals surface area contributed by atoms with Crippen molar-refractivity contribution in [3.05, 3.63) is 51.3 Å². The van der Waals surface area contributed by atoms with Crippen molar-refractivity contribution >= 4 is 29.1 Å². The van der Waals surface area contributed by atoms with E-state index in [2.05, 4.69) is 20.5 Å². The molecule has 1 heterocycles. The van der Waals surface area contributed by atoms with Crippen LogP contribution >= 0.6 is 11.6 Å². The highest BCUT2D eigenvalue weighted by Gasteiger charge is 2.24. The van der Waals surface area contributed by atoms with Gasteiger partial charge in [0.2, 0.25) is 5.95 Å². The van der Waals surface area contributed by atoms with Crippen LogP contribution in [-0.2, 0) is 0 Å². The second kappa shape index (κ2) is 5.36. The van der Waals surface area contributed by atoms with Crippen molar-refractivity contribution in [3.8, 4) is 0 Å². The molecule has 1 amide bonds. The molecular weight excluding hydrogens is 274 g/mol. The molecule has 0 atom stereocenters. The minimum Gasteiger partial charge on any atom is -0.289 e. The Morgan fingerprint density at radius 2 is 2.16 bits per heavy atom. The molecule has 1 aromatic heterocycles. The molecule has 0 unspecified atom stereocenters. The van der Waals surface area contributed by atoms with Crippen LogP contribution in [0.4, 0.5) is 11.6 Å². The second-order valence-electron chi connectivity index (χ2n) is 3.31. The first-order valence-electron chi connectivity index (χ1n) is 4.97. The summed E-state index contributed by atoms with van der Waals surface area (Å²) in [4.78, 5) is 25.8. The van der Waals surface area contributed by atoms with E-state index in [0.29, 0.717) is 0 Å². The summed E-state index contributed by atoms with van der Waals surface area (Å²) in [5.74, 6) is -0.788. The number of nitro benzene ring substituents is 1. The Morgan fingerprint density at radius 3 is 2.79 bits per heavy atom. The first-order chi connectivity index (χ1) is 9.09. The van der Waals surface area contributed by atoms with Gasteiger partial charge in [0.1, 0.15) is 10.6 Å². The van der Waals surface area contributed by atoms with Crippen molar-refractivity contribution in [2.45, 2.75) is 0 Å². The van der Waals surface area contributed by atoms with E-state index in [-0.39, 0.29) is 16.5 Å². The van der Waals surface area contributed by atoms with Crippen LogP contribution in [0, 0.1) is 10.1 Å². The number of carbonyl (C=O) groups is 1. The number of benzene rings is 1. The van der Waals surface area contributed by atoms with Crippen LogP contribution in [-0.4, -0.2) is 26.0 Å². The van der Waals surface area contributed by atoms with Gasteiger partial charge in [-0.05, 0) is 12.1 Å². The van der Waals surface area contributed by atoms with E-state index < -0.39 is 16.5 Å². The Labute approximate surface area is 111 Å². The maximum Gasteiger partial charge on any atom is 0.300 e. The van der Waals surface area contributed by atoms with E-state index in [0.717, 1.165) is 0 Å². The molecule has 0 aliphatic carbocycles. The van der Waals surface area contributed by atoms with Crippen LogP contribution in [0.5, 0.6) is 0 Å². The summed E-state index contributed by atoms with van der Waals surface area (Å²) in [5.41, 5.74) is -0.643. The highest BCUT2D eigenvalue weighted by molar-refractivity contribution is 6.33. The van der Waals surface area contributed by atoms with Crippen molar-refractivity contribution < 1.29 is 9.72 Å². The molecule has 0 aliphatic heterocycles. The Balaban J connectivity index is 2.35. The van der Waals surface area contributed by atoms with Crippen molar-refractivity contribution in [1.82, 2.24) is 15.2 Å². The SMILES string of the molecule is O=C(Nc1nccnn1)c1cccc(Cl)c1[N+](=O)[O-]. The molecule has 0 aliphatic rings. The fourth-order valence-electron chi connectivity index (χ4n) is 1.36. The first kappa shape index (κ1) is 12.8. The van der Waals surface area contributed by atoms with Gasteiger partial charge in [-0.2, -0.15) is 5.10 Å². The van der Waals surface area contributed by atoms with E-state index in [1.165, 1.54) is 30.6 Å². The van der Waals surface area contributed by atoms with E-state index in [9.17, 15) is 14.9 Å². The van der Waals surface area contributed by atoms with E-state index in [1.807, 2.05) is 0 Å². The second-order valence-corrected chi connectivity index (χ2v) is 3.72. The number of rotatable bonds is 3. The Morgan fingerprint density at radius 1 is 1.37 bits per heavy atom. The van der Waals surface area contributed by atoms with Crippen molar-refractivity contribution in [2.75, 3.05) is 5.32 Å². The van der Waals surface area contributed by atoms with Gasteiger partial charge in [-0.1, -0.05) is 17.7 Å². The molecule has 2 aromatic rings. The third-order valence-electron chi connectivity index (χ3n) is 2.12. The summed E-state index contributed by atoms with van der Waals surface area (Å²) < 4.78 is 0. The van der Waals surface area contributed by atoms with Crippen LogP contribution < -0.4 is 5.32 Å². The molecule has 0 radical (unpaired) electrons. The lowest BCUT2D eigenvalue weighted by Crippen LogP contribution is -2.16. The maximum atomic E-state index is 11.9. The maximum absolute atomic E-state index is 11.9. The minimum atomic E-state index is -0.734. The highest BCUT2D eigenvalue weighted by atomic mass is 35.5. The molecule has 8 nitrogen and oxygen atoms in total. The first-order valence-corrected chi connectivity index (χ1v) is 5.35. The van der Waals surface area contributed by atoms with Crippen LogP contribution in [0.1, 0.15) is 10.4 Å². The Kier molecular flexibility index (Phi) is 3.62. The lowest BCUT2D eigenvalue weighted by molar-refractivity contribution is -0.385. The summed E-state index contributed by atoms with van der Waals surface area (Å²) in [7, 11) is 0. The third-order valence-corrected chi connectivity index (χ3v) is 2.43. The van der Waals surface area contributed by atoms with Crippen molar-refractivity contribution in [1.29, 1.82) is 0 Å². The van der Waals surface area contributed by atoms with Crippen molar-refractivity contribution in [3.63, 3.8) is 0 Å². The number of anilines is 1. The lowest BCUT2D eigenvalue weighted by atomic mass is 10.1. The zero-order valence-electron chi connectivity index (χ0n) is 9.28. The number of hydrogen-bond donors (Lipinski definition) is 1. The summed E-state index contributed by atoms with van der Waals surface area (Å²) in [6.07, 6.45) is 2.66. The summed E-state index contributed by atoms with van der Waals surface area (Å²) in [6.45, 7) is 0. The fraction of sp³-hybridized carbons (Fsp3) is 0. The van der Waals surface area contributed by atoms with Gasteiger partial charge < -0.3 is 0 Å². The summed E-state index contributed by atoms with van der Waals surface area (Å²) >= 11 is 5.71. The smallest absolute Gasteiger partial charge is 0.289 e. The molecule has 9 heteroatoms. The number of halogens is 1. The number of para-hydroxylation sites is 1. The monoisotopic (exact) mass is 279 g/mol. The van der Waals surface area contributed by atoms with Crippen LogP contribution in [0.2, 0.25) is 5.02 Å². The molecule has 0 fully saturated rings. The fourth-order valence-corrected chi connectivity index (χ4v) is 1.60. The van der Waals surface area contributed by atoms with Gasteiger partial charge in [0.15, 0.2) is 0 Å². The van der Waals surface area contributed by atoms with Gasteiger partial charge in [-0.25, -0.2) is 4.98 Å². The number of nitrogens with zero attached hydrogens (tertiary/aromatic N) is 4. The predicted octanol–water partition coefficient (Wildman–Crippen LogP) is 1.69. The molecule has 2 rings (SSSR count). The Hall–Kier alpha value is -2.61. The average molecular weight is 280 g/mol. The van der Waals surface area contributed by atoms with Crippen molar-refractivity contribution in [2.24, 2.45) is 0 Å². The summed E-state index contributed by atoms with van der Waals surface area (Å²) in [6, 6.07) is 4.06. The van der Waals surface area contributed by atoms with Gasteiger partial charge >= 0.3 is 5.69 Å². The molecule has 96 valence electrons. The van der Waals surface area contributed by atoms with Gasteiger partial charge in [-0.15, -0.1) is 5.10 Å². The zero-order valence-corrected chi connectivity index (χ0v) is 10.0. The van der Waals surface area contributed by atoms with Gasteiger partial charge in [0.25, 0.3) is 5.91 Å². The normalized spacial score (nSPS) is 9.95. The molecule has 1 aromatic carbocycles. The van der Waals surface area contributed by atoms with Gasteiger partial charge in [0, 0.05) is 0 Å². The quantitative estimate of drug-likeness (QED) is 0.676. The molecular formula is C10H6ClN5O3. The van der Waals surface area contributed by atoms with Crippen LogP contribution in [0.15, 0.2) is 30.6 Å². The molecule has 19 heavy (non-hydrogen) atoms. The number of nitro groups is 1. The van der Waals surface area contributed by atoms with E-state index >= 15 is 0 Å². The number of carbonyl (C=O) groups excluding carboxylic acids is 1. The van der Waals surface area contributed by atoms with E-state index in [1.54, 1.807) is 0 Å². The molecule has 0 spiro atoms. The standard InChI is InChI=1S/C10H6ClN5O3/c11-7-3-1-2-6(8(7)16(18)19)9(17)14-10-12-4-5-13-15-10/h1-5H,(H,12,14,15,17). The number of amides is 1. The molecule has 0 saturated carbocycles. The van der Waals surface area contributed by atoms with Crippen LogP contribution in [0.3, 0.4) is 0 Å². The van der Waals surface area contributed by atoms with Crippen LogP contribution in [0.25, 0.3) is 0 Å². The molecule has 1 N–H and O–H groups in total. The number of aromatic nitrogens is 3. The molecule has 0 saturated heterocycles.